The van der Waals surface area contributed by atoms with Crippen molar-refractivity contribution in [1.82, 2.24) is 15.6 Å². The summed E-state index contributed by atoms with van der Waals surface area (Å²) >= 11 is 0. The Morgan fingerprint density at radius 1 is 1.15 bits per heavy atom. The van der Waals surface area contributed by atoms with E-state index in [1.807, 2.05) is 0 Å². The largest absolute Gasteiger partial charge is 0.355 e. The van der Waals surface area contributed by atoms with Crippen molar-refractivity contribution in [1.29, 1.82) is 0 Å². The van der Waals surface area contributed by atoms with Crippen LogP contribution in [0.15, 0.2) is 30.3 Å². The lowest BCUT2D eigenvalue weighted by Gasteiger charge is -2.06. The van der Waals surface area contributed by atoms with Gasteiger partial charge in [0.05, 0.1) is 0 Å². The van der Waals surface area contributed by atoms with Crippen LogP contribution in [0.1, 0.15) is 17.4 Å². The van der Waals surface area contributed by atoms with Crippen molar-refractivity contribution in [2.45, 2.75) is 6.92 Å². The van der Waals surface area contributed by atoms with Gasteiger partial charge in [-0.2, -0.15) is 0 Å². The topological polar surface area (TPSA) is 71.1 Å². The number of benzene rings is 1. The number of carbonyl (C=O) groups is 2. The highest BCUT2D eigenvalue weighted by Gasteiger charge is 2.09. The molecule has 2 rings (SSSR count). The van der Waals surface area contributed by atoms with Crippen LogP contribution in [0.5, 0.6) is 0 Å². The average Bonchev–Trinajstić information content (AvgIpc) is 2.43. The number of hydrogen-bond acceptors (Lipinski definition) is 3. The Morgan fingerprint density at radius 3 is 2.65 bits per heavy atom. The maximum atomic E-state index is 13.6. The molecule has 0 aliphatic rings. The van der Waals surface area contributed by atoms with E-state index in [1.165, 1.54) is 19.1 Å². The highest BCUT2D eigenvalue weighted by Crippen LogP contribution is 2.15. The fraction of sp³-hybridized carbons (Fsp3) is 0.214. The van der Waals surface area contributed by atoms with E-state index in [4.69, 9.17) is 0 Å². The summed E-state index contributed by atoms with van der Waals surface area (Å²) in [6.07, 6.45) is 0. The van der Waals surface area contributed by atoms with Crippen LogP contribution in [-0.4, -0.2) is 29.9 Å². The molecule has 0 unspecified atom stereocenters. The Labute approximate surface area is 115 Å². The second-order valence-electron chi connectivity index (χ2n) is 4.25. The SMILES string of the molecule is CC(=O)NCCNC(=O)c1ccc2cccc(F)c2n1. The van der Waals surface area contributed by atoms with E-state index >= 15 is 0 Å². The Bertz CT molecular complexity index is 658. The maximum absolute atomic E-state index is 13.6. The number of para-hydroxylation sites is 1. The van der Waals surface area contributed by atoms with Crippen molar-refractivity contribution in [2.75, 3.05) is 13.1 Å². The Hall–Kier alpha value is -2.50. The third-order valence-electron chi connectivity index (χ3n) is 2.69. The molecule has 0 spiro atoms. The van der Waals surface area contributed by atoms with Gasteiger partial charge in [-0.3, -0.25) is 9.59 Å². The highest BCUT2D eigenvalue weighted by atomic mass is 19.1. The Balaban J connectivity index is 2.07. The van der Waals surface area contributed by atoms with Crippen molar-refractivity contribution >= 4 is 22.7 Å². The highest BCUT2D eigenvalue weighted by molar-refractivity contribution is 5.94. The van der Waals surface area contributed by atoms with E-state index < -0.39 is 11.7 Å². The molecule has 0 radical (unpaired) electrons. The van der Waals surface area contributed by atoms with Crippen LogP contribution in [0.3, 0.4) is 0 Å². The number of fused-ring (bicyclic) bond motifs is 1. The molecule has 20 heavy (non-hydrogen) atoms. The number of rotatable bonds is 4. The van der Waals surface area contributed by atoms with E-state index in [1.54, 1.807) is 18.2 Å². The van der Waals surface area contributed by atoms with Gasteiger partial charge >= 0.3 is 0 Å². The summed E-state index contributed by atoms with van der Waals surface area (Å²) in [7, 11) is 0. The van der Waals surface area contributed by atoms with Gasteiger partial charge in [-0.05, 0) is 12.1 Å². The fourth-order valence-electron chi connectivity index (χ4n) is 1.74. The second-order valence-corrected chi connectivity index (χ2v) is 4.25. The zero-order valence-electron chi connectivity index (χ0n) is 10.9. The number of pyridine rings is 1. The average molecular weight is 275 g/mol. The first-order valence-electron chi connectivity index (χ1n) is 6.16. The smallest absolute Gasteiger partial charge is 0.269 e. The lowest BCUT2D eigenvalue weighted by Crippen LogP contribution is -2.34. The predicted octanol–water partition coefficient (Wildman–Crippen LogP) is 1.24. The summed E-state index contributed by atoms with van der Waals surface area (Å²) in [5.41, 5.74) is 0.312. The minimum Gasteiger partial charge on any atom is -0.355 e. The standard InChI is InChI=1S/C14H14FN3O2/c1-9(19)16-7-8-17-14(20)12-6-5-10-3-2-4-11(15)13(10)18-12/h2-6H,7-8H2,1H3,(H,16,19)(H,17,20). The number of amides is 2. The second kappa shape index (κ2) is 6.10. The molecule has 0 aliphatic carbocycles. The van der Waals surface area contributed by atoms with Crippen molar-refractivity contribution in [3.63, 3.8) is 0 Å². The molecule has 2 aromatic rings. The van der Waals surface area contributed by atoms with Crippen LogP contribution in [0.4, 0.5) is 4.39 Å². The zero-order chi connectivity index (χ0) is 14.5. The minimum absolute atomic E-state index is 0.144. The van der Waals surface area contributed by atoms with E-state index in [2.05, 4.69) is 15.6 Å². The van der Waals surface area contributed by atoms with Gasteiger partial charge < -0.3 is 10.6 Å². The van der Waals surface area contributed by atoms with E-state index in [9.17, 15) is 14.0 Å². The van der Waals surface area contributed by atoms with Crippen LogP contribution in [0.25, 0.3) is 10.9 Å². The van der Waals surface area contributed by atoms with E-state index in [0.717, 1.165) is 0 Å². The lowest BCUT2D eigenvalue weighted by molar-refractivity contribution is -0.118. The molecule has 104 valence electrons. The number of halogens is 1. The van der Waals surface area contributed by atoms with Gasteiger partial charge in [0.25, 0.3) is 5.91 Å². The summed E-state index contributed by atoms with van der Waals surface area (Å²) in [5.74, 6) is -1.03. The van der Waals surface area contributed by atoms with Crippen molar-refractivity contribution in [3.05, 3.63) is 41.8 Å². The summed E-state index contributed by atoms with van der Waals surface area (Å²) < 4.78 is 13.6. The van der Waals surface area contributed by atoms with Gasteiger partial charge in [-0.25, -0.2) is 9.37 Å². The molecule has 2 amide bonds. The molecule has 0 atom stereocenters. The Kier molecular flexibility index (Phi) is 4.24. The first-order chi connectivity index (χ1) is 9.58. The molecule has 6 heteroatoms. The molecule has 0 saturated heterocycles. The van der Waals surface area contributed by atoms with E-state index in [-0.39, 0.29) is 23.7 Å². The van der Waals surface area contributed by atoms with Gasteiger partial charge in [-0.15, -0.1) is 0 Å². The summed E-state index contributed by atoms with van der Waals surface area (Å²) in [6.45, 7) is 2.02. The zero-order valence-corrected chi connectivity index (χ0v) is 10.9. The first kappa shape index (κ1) is 13.9. The molecule has 5 nitrogen and oxygen atoms in total. The van der Waals surface area contributed by atoms with Crippen LogP contribution in [0, 0.1) is 5.82 Å². The molecule has 0 fully saturated rings. The molecule has 0 bridgehead atoms. The van der Waals surface area contributed by atoms with Crippen molar-refractivity contribution in [3.8, 4) is 0 Å². The Morgan fingerprint density at radius 2 is 1.90 bits per heavy atom. The van der Waals surface area contributed by atoms with Crippen LogP contribution in [-0.2, 0) is 4.79 Å². The number of nitrogens with zero attached hydrogens (tertiary/aromatic N) is 1. The normalized spacial score (nSPS) is 10.3. The number of carbonyl (C=O) groups excluding carboxylic acids is 2. The molecular formula is C14H14FN3O2. The monoisotopic (exact) mass is 275 g/mol. The lowest BCUT2D eigenvalue weighted by atomic mass is 10.2. The number of hydrogen-bond donors (Lipinski definition) is 2. The van der Waals surface area contributed by atoms with Gasteiger partial charge in [0.1, 0.15) is 17.0 Å². The minimum atomic E-state index is -0.463. The van der Waals surface area contributed by atoms with Gasteiger partial charge in [0, 0.05) is 25.4 Å². The summed E-state index contributed by atoms with van der Waals surface area (Å²) in [5, 5.41) is 5.80. The van der Waals surface area contributed by atoms with Crippen molar-refractivity contribution in [2.24, 2.45) is 0 Å². The summed E-state index contributed by atoms with van der Waals surface area (Å²) in [6, 6.07) is 7.80. The molecule has 1 aromatic heterocycles. The maximum Gasteiger partial charge on any atom is 0.269 e. The van der Waals surface area contributed by atoms with Crippen LogP contribution in [0.2, 0.25) is 0 Å². The summed E-state index contributed by atoms with van der Waals surface area (Å²) in [4.78, 5) is 26.5. The third kappa shape index (κ3) is 3.28. The predicted molar refractivity (Wildman–Crippen MR) is 72.7 cm³/mol. The molecule has 1 aromatic carbocycles. The van der Waals surface area contributed by atoms with Gasteiger partial charge in [0.2, 0.25) is 5.91 Å². The van der Waals surface area contributed by atoms with Crippen LogP contribution < -0.4 is 10.6 Å². The van der Waals surface area contributed by atoms with Crippen molar-refractivity contribution < 1.29 is 14.0 Å². The molecular weight excluding hydrogens is 261 g/mol. The molecule has 0 aliphatic heterocycles. The fourth-order valence-corrected chi connectivity index (χ4v) is 1.74. The van der Waals surface area contributed by atoms with Gasteiger partial charge in [0.15, 0.2) is 0 Å². The molecule has 0 saturated carbocycles. The quantitative estimate of drug-likeness (QED) is 0.825. The molecule has 1 heterocycles. The number of aromatic nitrogens is 1. The third-order valence-corrected chi connectivity index (χ3v) is 2.69. The first-order valence-corrected chi connectivity index (χ1v) is 6.16. The van der Waals surface area contributed by atoms with Crippen LogP contribution >= 0.6 is 0 Å². The van der Waals surface area contributed by atoms with Gasteiger partial charge in [-0.1, -0.05) is 18.2 Å². The molecule has 2 N–H and O–H groups in total. The number of nitrogens with one attached hydrogen (secondary N) is 2. The van der Waals surface area contributed by atoms with E-state index in [0.29, 0.717) is 11.9 Å².